The van der Waals surface area contributed by atoms with Gasteiger partial charge in [-0.2, -0.15) is 4.98 Å². The quantitative estimate of drug-likeness (QED) is 0.786. The Morgan fingerprint density at radius 1 is 1.39 bits per heavy atom. The average molecular weight is 266 g/mol. The Morgan fingerprint density at radius 3 is 3.00 bits per heavy atom. The first-order chi connectivity index (χ1) is 8.70. The van der Waals surface area contributed by atoms with E-state index in [4.69, 9.17) is 10.5 Å². The maximum Gasteiger partial charge on any atom is 0.223 e. The SMILES string of the molecule is COCCCCNc1nc(N)nc2sc(C)cc12. The second-order valence-corrected chi connectivity index (χ2v) is 5.37. The van der Waals surface area contributed by atoms with E-state index in [2.05, 4.69) is 28.3 Å². The smallest absolute Gasteiger partial charge is 0.223 e. The Labute approximate surface area is 110 Å². The predicted octanol–water partition coefficient (Wildman–Crippen LogP) is 2.42. The van der Waals surface area contributed by atoms with Crippen LogP contribution in [0.15, 0.2) is 6.07 Å². The first-order valence-electron chi connectivity index (χ1n) is 5.97. The summed E-state index contributed by atoms with van der Waals surface area (Å²) in [6, 6.07) is 2.09. The third-order valence-corrected chi connectivity index (χ3v) is 3.55. The number of nitrogens with zero attached hydrogens (tertiary/aromatic N) is 2. The summed E-state index contributed by atoms with van der Waals surface area (Å²) in [4.78, 5) is 10.7. The molecular formula is C12H18N4OS. The van der Waals surface area contributed by atoms with Gasteiger partial charge in [-0.05, 0) is 25.8 Å². The highest BCUT2D eigenvalue weighted by molar-refractivity contribution is 7.18. The average Bonchev–Trinajstić information content (AvgIpc) is 2.69. The summed E-state index contributed by atoms with van der Waals surface area (Å²) in [5.74, 6) is 1.16. The number of nitrogens with one attached hydrogen (secondary N) is 1. The molecule has 6 heteroatoms. The van der Waals surface area contributed by atoms with Crippen LogP contribution in [0.3, 0.4) is 0 Å². The lowest BCUT2D eigenvalue weighted by molar-refractivity contribution is 0.194. The van der Waals surface area contributed by atoms with Gasteiger partial charge >= 0.3 is 0 Å². The molecule has 0 atom stereocenters. The largest absolute Gasteiger partial charge is 0.385 e. The molecule has 0 aliphatic carbocycles. The summed E-state index contributed by atoms with van der Waals surface area (Å²) in [6.07, 6.45) is 2.08. The number of unbranched alkanes of at least 4 members (excludes halogenated alkanes) is 1. The minimum absolute atomic E-state index is 0.323. The van der Waals surface area contributed by atoms with Crippen LogP contribution in [0.2, 0.25) is 0 Å². The van der Waals surface area contributed by atoms with Gasteiger partial charge in [-0.3, -0.25) is 0 Å². The number of thiophene rings is 1. The van der Waals surface area contributed by atoms with Crippen molar-refractivity contribution in [3.05, 3.63) is 10.9 Å². The van der Waals surface area contributed by atoms with Crippen LogP contribution in [0, 0.1) is 6.92 Å². The van der Waals surface area contributed by atoms with Gasteiger partial charge in [0.05, 0.1) is 5.39 Å². The number of hydrogen-bond acceptors (Lipinski definition) is 6. The minimum atomic E-state index is 0.323. The van der Waals surface area contributed by atoms with E-state index in [0.717, 1.165) is 42.0 Å². The Hall–Kier alpha value is -1.40. The number of anilines is 2. The van der Waals surface area contributed by atoms with E-state index in [1.807, 2.05) is 0 Å². The van der Waals surface area contributed by atoms with Crippen LogP contribution in [0.5, 0.6) is 0 Å². The Balaban J connectivity index is 2.07. The summed E-state index contributed by atoms with van der Waals surface area (Å²) in [5.41, 5.74) is 5.71. The third-order valence-electron chi connectivity index (χ3n) is 2.60. The van der Waals surface area contributed by atoms with Gasteiger partial charge in [0.15, 0.2) is 0 Å². The lowest BCUT2D eigenvalue weighted by Gasteiger charge is -2.07. The van der Waals surface area contributed by atoms with Crippen molar-refractivity contribution in [1.29, 1.82) is 0 Å². The fourth-order valence-electron chi connectivity index (χ4n) is 1.77. The molecule has 0 saturated heterocycles. The number of rotatable bonds is 6. The Kier molecular flexibility index (Phi) is 4.33. The van der Waals surface area contributed by atoms with Gasteiger partial charge in [0, 0.05) is 25.1 Å². The second-order valence-electron chi connectivity index (χ2n) is 4.13. The van der Waals surface area contributed by atoms with Crippen molar-refractivity contribution in [2.24, 2.45) is 0 Å². The van der Waals surface area contributed by atoms with Gasteiger partial charge in [0.2, 0.25) is 5.95 Å². The molecule has 5 nitrogen and oxygen atoms in total. The lowest BCUT2D eigenvalue weighted by atomic mass is 10.3. The molecule has 2 aromatic heterocycles. The van der Waals surface area contributed by atoms with Gasteiger partial charge in [0.25, 0.3) is 0 Å². The molecule has 0 aromatic carbocycles. The van der Waals surface area contributed by atoms with Gasteiger partial charge in [-0.15, -0.1) is 11.3 Å². The molecule has 0 aliphatic rings. The number of aryl methyl sites for hydroxylation is 1. The van der Waals surface area contributed by atoms with E-state index < -0.39 is 0 Å². The van der Waals surface area contributed by atoms with Crippen molar-refractivity contribution in [3.63, 3.8) is 0 Å². The number of hydrogen-bond donors (Lipinski definition) is 2. The molecule has 0 fully saturated rings. The summed E-state index contributed by atoms with van der Waals surface area (Å²) >= 11 is 1.64. The zero-order valence-corrected chi connectivity index (χ0v) is 11.5. The van der Waals surface area contributed by atoms with Crippen LogP contribution in [0.4, 0.5) is 11.8 Å². The van der Waals surface area contributed by atoms with Crippen molar-refractivity contribution in [3.8, 4) is 0 Å². The number of ether oxygens (including phenoxy) is 1. The zero-order chi connectivity index (χ0) is 13.0. The van der Waals surface area contributed by atoms with E-state index in [0.29, 0.717) is 5.95 Å². The standard InChI is InChI=1S/C12H18N4OS/c1-8-7-9-10(14-5-3-4-6-17-2)15-12(13)16-11(9)18-8/h7H,3-6H2,1-2H3,(H3,13,14,15,16). The van der Waals surface area contributed by atoms with Crippen molar-refractivity contribution in [2.75, 3.05) is 31.3 Å². The van der Waals surface area contributed by atoms with Crippen LogP contribution >= 0.6 is 11.3 Å². The molecule has 0 spiro atoms. The van der Waals surface area contributed by atoms with E-state index in [9.17, 15) is 0 Å². The van der Waals surface area contributed by atoms with Gasteiger partial charge in [-0.25, -0.2) is 4.98 Å². The van der Waals surface area contributed by atoms with E-state index in [1.54, 1.807) is 18.4 Å². The molecule has 0 unspecified atom stereocenters. The van der Waals surface area contributed by atoms with E-state index >= 15 is 0 Å². The van der Waals surface area contributed by atoms with Gasteiger partial charge in [0.1, 0.15) is 10.6 Å². The number of nitrogen functional groups attached to an aromatic ring is 1. The van der Waals surface area contributed by atoms with Crippen LogP contribution < -0.4 is 11.1 Å². The number of nitrogens with two attached hydrogens (primary N) is 1. The summed E-state index contributed by atoms with van der Waals surface area (Å²) in [5, 5.41) is 4.37. The highest BCUT2D eigenvalue weighted by Crippen LogP contribution is 2.28. The Bertz CT molecular complexity index is 526. The number of methoxy groups -OCH3 is 1. The Morgan fingerprint density at radius 2 is 2.22 bits per heavy atom. The first kappa shape index (κ1) is 13.0. The molecule has 0 radical (unpaired) electrons. The zero-order valence-electron chi connectivity index (χ0n) is 10.7. The molecule has 3 N–H and O–H groups in total. The van der Waals surface area contributed by atoms with Crippen molar-refractivity contribution in [2.45, 2.75) is 19.8 Å². The molecule has 0 amide bonds. The summed E-state index contributed by atoms with van der Waals surface area (Å²) < 4.78 is 5.02. The predicted molar refractivity (Wildman–Crippen MR) is 76.2 cm³/mol. The first-order valence-corrected chi connectivity index (χ1v) is 6.79. The monoisotopic (exact) mass is 266 g/mol. The van der Waals surface area contributed by atoms with E-state index in [1.165, 1.54) is 4.88 Å². The summed E-state index contributed by atoms with van der Waals surface area (Å²) in [7, 11) is 1.72. The summed E-state index contributed by atoms with van der Waals surface area (Å²) in [6.45, 7) is 3.72. The van der Waals surface area contributed by atoms with Gasteiger partial charge in [-0.1, -0.05) is 0 Å². The maximum atomic E-state index is 5.71. The number of aromatic nitrogens is 2. The minimum Gasteiger partial charge on any atom is -0.385 e. The van der Waals surface area contributed by atoms with Crippen LogP contribution in [-0.2, 0) is 4.74 Å². The molecule has 0 saturated carbocycles. The molecule has 0 bridgehead atoms. The number of fused-ring (bicyclic) bond motifs is 1. The highest BCUT2D eigenvalue weighted by atomic mass is 32.1. The van der Waals surface area contributed by atoms with Crippen molar-refractivity contribution in [1.82, 2.24) is 9.97 Å². The lowest BCUT2D eigenvalue weighted by Crippen LogP contribution is -2.06. The molecular weight excluding hydrogens is 248 g/mol. The van der Waals surface area contributed by atoms with E-state index in [-0.39, 0.29) is 0 Å². The molecule has 98 valence electrons. The molecule has 0 aliphatic heterocycles. The van der Waals surface area contributed by atoms with Gasteiger partial charge < -0.3 is 15.8 Å². The fraction of sp³-hybridized carbons (Fsp3) is 0.500. The van der Waals surface area contributed by atoms with Crippen LogP contribution in [0.25, 0.3) is 10.2 Å². The van der Waals surface area contributed by atoms with Crippen molar-refractivity contribution >= 4 is 33.3 Å². The van der Waals surface area contributed by atoms with Crippen LogP contribution in [-0.4, -0.2) is 30.2 Å². The normalized spacial score (nSPS) is 11.0. The molecule has 2 heterocycles. The molecule has 2 aromatic rings. The highest BCUT2D eigenvalue weighted by Gasteiger charge is 2.08. The maximum absolute atomic E-state index is 5.71. The fourth-order valence-corrected chi connectivity index (χ4v) is 2.66. The molecule has 2 rings (SSSR count). The topological polar surface area (TPSA) is 73.1 Å². The molecule has 18 heavy (non-hydrogen) atoms. The third kappa shape index (κ3) is 3.08. The van der Waals surface area contributed by atoms with Crippen LogP contribution in [0.1, 0.15) is 17.7 Å². The van der Waals surface area contributed by atoms with Crippen molar-refractivity contribution < 1.29 is 4.74 Å². The second kappa shape index (κ2) is 5.97.